The summed E-state index contributed by atoms with van der Waals surface area (Å²) in [7, 11) is 2.05. The van der Waals surface area contributed by atoms with Gasteiger partial charge in [0.2, 0.25) is 0 Å². The summed E-state index contributed by atoms with van der Waals surface area (Å²) in [5.41, 5.74) is 3.55. The van der Waals surface area contributed by atoms with Gasteiger partial charge < -0.3 is 9.47 Å². The molecule has 2 bridgehead atoms. The van der Waals surface area contributed by atoms with E-state index in [1.807, 2.05) is 6.07 Å². The van der Waals surface area contributed by atoms with Crippen molar-refractivity contribution in [3.8, 4) is 0 Å². The predicted molar refractivity (Wildman–Crippen MR) is 116 cm³/mol. The summed E-state index contributed by atoms with van der Waals surface area (Å²) in [6.45, 7) is 3.34. The second kappa shape index (κ2) is 6.73. The van der Waals surface area contributed by atoms with Crippen molar-refractivity contribution in [2.24, 2.45) is 18.9 Å². The van der Waals surface area contributed by atoms with Crippen LogP contribution in [0.4, 0.5) is 0 Å². The molecule has 1 aliphatic carbocycles. The van der Waals surface area contributed by atoms with Gasteiger partial charge in [0.1, 0.15) is 0 Å². The molecule has 1 aromatic carbocycles. The maximum absolute atomic E-state index is 13.7. The molecule has 3 fully saturated rings. The zero-order valence-corrected chi connectivity index (χ0v) is 17.4. The van der Waals surface area contributed by atoms with Crippen LogP contribution in [0.2, 0.25) is 0 Å². The third-order valence-corrected chi connectivity index (χ3v) is 8.05. The molecule has 0 spiro atoms. The molecule has 0 unspecified atom stereocenters. The number of aromatic nitrogens is 1. The second-order valence-electron chi connectivity index (χ2n) is 9.71. The van der Waals surface area contributed by atoms with Gasteiger partial charge in [0.05, 0.1) is 6.04 Å². The van der Waals surface area contributed by atoms with E-state index >= 15 is 0 Å². The van der Waals surface area contributed by atoms with Gasteiger partial charge in [0.25, 0.3) is 5.91 Å². The lowest BCUT2D eigenvalue weighted by Gasteiger charge is -2.54. The molecule has 1 aromatic heterocycles. The van der Waals surface area contributed by atoms with Crippen LogP contribution in [-0.2, 0) is 7.05 Å². The maximum atomic E-state index is 13.7. The van der Waals surface area contributed by atoms with Crippen molar-refractivity contribution in [2.75, 3.05) is 19.6 Å². The summed E-state index contributed by atoms with van der Waals surface area (Å²) in [4.78, 5) is 18.6. The van der Waals surface area contributed by atoms with E-state index in [0.717, 1.165) is 36.0 Å². The molecule has 4 aliphatic rings. The van der Waals surface area contributed by atoms with Gasteiger partial charge in [-0.1, -0.05) is 24.1 Å². The van der Waals surface area contributed by atoms with Crippen molar-refractivity contribution >= 4 is 16.8 Å². The minimum atomic E-state index is 0.225. The normalized spacial score (nSPS) is 31.9. The third kappa shape index (κ3) is 2.79. The fourth-order valence-corrected chi connectivity index (χ4v) is 6.76. The van der Waals surface area contributed by atoms with Gasteiger partial charge in [-0.2, -0.15) is 0 Å². The molecule has 0 N–H and O–H groups in total. The molecule has 4 nitrogen and oxygen atoms in total. The molecule has 152 valence electrons. The number of piperidine rings is 3. The van der Waals surface area contributed by atoms with Gasteiger partial charge in [-0.15, -0.1) is 0 Å². The number of rotatable bonds is 1. The van der Waals surface area contributed by atoms with Crippen LogP contribution in [0.25, 0.3) is 10.9 Å². The van der Waals surface area contributed by atoms with E-state index in [0.29, 0.717) is 12.0 Å². The largest absolute Gasteiger partial charge is 0.351 e. The Balaban J connectivity index is 1.34. The molecule has 1 amide bonds. The first kappa shape index (κ1) is 17.8. The standard InChI is InChI=1S/C25H31N3O/c1-26-12-9-17-7-8-19(15-23(17)26)25(29)28-11-4-5-18-13-20-14-21(24(18)28)16-27-10-3-2-6-22(20)27/h7-9,12-13,15,20-22,24H,2-6,10-11,14,16H2,1H3/t20-,21+,22-,24-/m0/s1. The van der Waals surface area contributed by atoms with E-state index in [9.17, 15) is 4.79 Å². The zero-order valence-electron chi connectivity index (χ0n) is 17.4. The van der Waals surface area contributed by atoms with Crippen LogP contribution in [0, 0.1) is 11.8 Å². The minimum Gasteiger partial charge on any atom is -0.351 e. The first-order valence-electron chi connectivity index (χ1n) is 11.5. The number of fused-ring (bicyclic) bond motifs is 7. The van der Waals surface area contributed by atoms with Gasteiger partial charge >= 0.3 is 0 Å². The van der Waals surface area contributed by atoms with E-state index in [2.05, 4.69) is 51.9 Å². The van der Waals surface area contributed by atoms with Crippen LogP contribution in [0.1, 0.15) is 48.9 Å². The molecule has 0 saturated carbocycles. The van der Waals surface area contributed by atoms with E-state index < -0.39 is 0 Å². The molecule has 6 rings (SSSR count). The fraction of sp³-hybridized carbons (Fsp3) is 0.560. The lowest BCUT2D eigenvalue weighted by molar-refractivity contribution is 0.00148. The highest BCUT2D eigenvalue weighted by molar-refractivity contribution is 5.98. The molecular weight excluding hydrogens is 358 g/mol. The fourth-order valence-electron chi connectivity index (χ4n) is 6.76. The summed E-state index contributed by atoms with van der Waals surface area (Å²) in [6, 6.07) is 9.40. The number of hydrogen-bond donors (Lipinski definition) is 0. The Hall–Kier alpha value is -2.07. The average molecular weight is 390 g/mol. The van der Waals surface area contributed by atoms with Gasteiger partial charge in [-0.3, -0.25) is 9.69 Å². The maximum Gasteiger partial charge on any atom is 0.254 e. The molecule has 4 heterocycles. The van der Waals surface area contributed by atoms with Gasteiger partial charge in [0.15, 0.2) is 0 Å². The highest BCUT2D eigenvalue weighted by Gasteiger charge is 2.46. The summed E-state index contributed by atoms with van der Waals surface area (Å²) in [5.74, 6) is 1.55. The van der Waals surface area contributed by atoms with Crippen LogP contribution in [0.5, 0.6) is 0 Å². The van der Waals surface area contributed by atoms with Crippen molar-refractivity contribution in [2.45, 2.75) is 50.6 Å². The molecule has 3 aliphatic heterocycles. The van der Waals surface area contributed by atoms with Crippen LogP contribution in [0.3, 0.4) is 0 Å². The highest BCUT2D eigenvalue weighted by Crippen LogP contribution is 2.45. The zero-order chi connectivity index (χ0) is 19.5. The molecule has 2 aromatic rings. The van der Waals surface area contributed by atoms with Crippen LogP contribution >= 0.6 is 0 Å². The molecule has 4 heteroatoms. The Morgan fingerprint density at radius 3 is 2.97 bits per heavy atom. The Bertz CT molecular complexity index is 989. The number of likely N-dealkylation sites (tertiary alicyclic amines) is 1. The van der Waals surface area contributed by atoms with Crippen molar-refractivity contribution in [1.82, 2.24) is 14.4 Å². The number of benzene rings is 1. The molecule has 3 saturated heterocycles. The smallest absolute Gasteiger partial charge is 0.254 e. The van der Waals surface area contributed by atoms with E-state index in [-0.39, 0.29) is 5.91 Å². The Kier molecular flexibility index (Phi) is 4.12. The van der Waals surface area contributed by atoms with Crippen molar-refractivity contribution in [1.29, 1.82) is 0 Å². The first-order chi connectivity index (χ1) is 14.2. The molecule has 0 radical (unpaired) electrons. The number of amides is 1. The van der Waals surface area contributed by atoms with Gasteiger partial charge in [0, 0.05) is 43.5 Å². The highest BCUT2D eigenvalue weighted by atomic mass is 16.2. The number of carbonyl (C=O) groups is 1. The van der Waals surface area contributed by atoms with Gasteiger partial charge in [-0.05, 0) is 74.1 Å². The van der Waals surface area contributed by atoms with Crippen molar-refractivity contribution in [3.63, 3.8) is 0 Å². The van der Waals surface area contributed by atoms with Gasteiger partial charge in [-0.25, -0.2) is 0 Å². The SMILES string of the molecule is Cn1ccc2ccc(C(=O)N3CCCC4=C[C@H]5C[C@H](CN6CCCC[C@@H]56)[C@H]43)cc21. The Morgan fingerprint density at radius 2 is 2.03 bits per heavy atom. The Morgan fingerprint density at radius 1 is 1.10 bits per heavy atom. The van der Waals surface area contributed by atoms with Crippen molar-refractivity contribution in [3.05, 3.63) is 47.7 Å². The monoisotopic (exact) mass is 389 g/mol. The van der Waals surface area contributed by atoms with Crippen molar-refractivity contribution < 1.29 is 4.79 Å². The van der Waals surface area contributed by atoms with E-state index in [1.54, 1.807) is 5.57 Å². The number of aryl methyl sites for hydroxylation is 1. The van der Waals surface area contributed by atoms with Crippen LogP contribution in [0.15, 0.2) is 42.1 Å². The third-order valence-electron chi connectivity index (χ3n) is 8.05. The first-order valence-corrected chi connectivity index (χ1v) is 11.5. The second-order valence-corrected chi connectivity index (χ2v) is 9.71. The number of hydrogen-bond acceptors (Lipinski definition) is 2. The summed E-state index contributed by atoms with van der Waals surface area (Å²) >= 11 is 0. The molecule has 4 atom stereocenters. The topological polar surface area (TPSA) is 28.5 Å². The quantitative estimate of drug-likeness (QED) is 0.684. The predicted octanol–water partition coefficient (Wildman–Crippen LogP) is 4.21. The summed E-state index contributed by atoms with van der Waals surface area (Å²) in [5, 5.41) is 1.20. The average Bonchev–Trinajstić information content (AvgIpc) is 3.13. The lowest BCUT2D eigenvalue weighted by Crippen LogP contribution is -2.60. The minimum absolute atomic E-state index is 0.225. The summed E-state index contributed by atoms with van der Waals surface area (Å²) < 4.78 is 2.11. The lowest BCUT2D eigenvalue weighted by atomic mass is 9.68. The number of carbonyl (C=O) groups excluding carboxylic acids is 1. The Labute approximate surface area is 173 Å². The van der Waals surface area contributed by atoms with Crippen LogP contribution < -0.4 is 0 Å². The number of nitrogens with zero attached hydrogens (tertiary/aromatic N) is 3. The molecule has 29 heavy (non-hydrogen) atoms. The van der Waals surface area contributed by atoms with Crippen LogP contribution in [-0.4, -0.2) is 52.0 Å². The van der Waals surface area contributed by atoms with E-state index in [1.165, 1.54) is 50.6 Å². The van der Waals surface area contributed by atoms with E-state index in [4.69, 9.17) is 0 Å². The molecular formula is C25H31N3O. The summed E-state index contributed by atoms with van der Waals surface area (Å²) in [6.07, 6.45) is 12.3.